The first kappa shape index (κ1) is 26.2. The van der Waals surface area contributed by atoms with Crippen LogP contribution in [0.3, 0.4) is 0 Å². The summed E-state index contributed by atoms with van der Waals surface area (Å²) < 4.78 is 14.3. The summed E-state index contributed by atoms with van der Waals surface area (Å²) in [7, 11) is 0. The molecule has 0 radical (unpaired) electrons. The average molecular weight is 420 g/mol. The van der Waals surface area contributed by atoms with Crippen molar-refractivity contribution in [1.29, 1.82) is 0 Å². The van der Waals surface area contributed by atoms with E-state index in [4.69, 9.17) is 6.42 Å². The zero-order valence-corrected chi connectivity index (χ0v) is 20.1. The van der Waals surface area contributed by atoms with Crippen LogP contribution in [0, 0.1) is 18.3 Å². The lowest BCUT2D eigenvalue weighted by Crippen LogP contribution is -2.12. The zero-order chi connectivity index (χ0) is 23.4. The van der Waals surface area contributed by atoms with E-state index >= 15 is 0 Å². The van der Waals surface area contributed by atoms with E-state index in [9.17, 15) is 4.39 Å². The quantitative estimate of drug-likeness (QED) is 0.414. The highest BCUT2D eigenvalue weighted by Gasteiger charge is 2.18. The number of terminal acetylenes is 1. The van der Waals surface area contributed by atoms with E-state index in [1.807, 2.05) is 32.0 Å². The van der Waals surface area contributed by atoms with Crippen LogP contribution in [0.2, 0.25) is 0 Å². The van der Waals surface area contributed by atoms with Crippen LogP contribution in [-0.2, 0) is 24.9 Å². The van der Waals surface area contributed by atoms with Crippen LogP contribution >= 0.6 is 0 Å². The first-order chi connectivity index (χ1) is 14.8. The van der Waals surface area contributed by atoms with Gasteiger partial charge in [-0.05, 0) is 80.0 Å². The van der Waals surface area contributed by atoms with E-state index in [1.54, 1.807) is 20.0 Å². The van der Waals surface area contributed by atoms with Crippen molar-refractivity contribution in [2.75, 3.05) is 0 Å². The third-order valence-electron chi connectivity index (χ3n) is 5.47. The minimum Gasteiger partial charge on any atom is -0.356 e. The molecule has 31 heavy (non-hydrogen) atoms. The number of allylic oxidation sites excluding steroid dienone is 2. The van der Waals surface area contributed by atoms with Crippen LogP contribution < -0.4 is 5.32 Å². The number of hydrogen-bond acceptors (Lipinski definition) is 1. The Morgan fingerprint density at radius 1 is 1.13 bits per heavy atom. The summed E-state index contributed by atoms with van der Waals surface area (Å²) in [6.45, 7) is 15.2. The Kier molecular flexibility index (Phi) is 10.8. The van der Waals surface area contributed by atoms with Crippen LogP contribution in [0.15, 0.2) is 72.6 Å². The van der Waals surface area contributed by atoms with E-state index in [1.165, 1.54) is 11.1 Å². The van der Waals surface area contributed by atoms with Crippen molar-refractivity contribution in [3.63, 3.8) is 0 Å². The molecule has 0 aromatic heterocycles. The van der Waals surface area contributed by atoms with Gasteiger partial charge >= 0.3 is 0 Å². The summed E-state index contributed by atoms with van der Waals surface area (Å²) >= 11 is 0. The number of rotatable bonds is 9. The highest BCUT2D eigenvalue weighted by Crippen LogP contribution is 2.26. The van der Waals surface area contributed by atoms with Crippen LogP contribution in [-0.4, -0.2) is 0 Å². The minimum atomic E-state index is -1.32. The van der Waals surface area contributed by atoms with Gasteiger partial charge in [0.05, 0.1) is 5.70 Å². The number of benzene rings is 2. The Hall–Kier alpha value is -2.79. The molecule has 166 valence electrons. The van der Waals surface area contributed by atoms with Crippen molar-refractivity contribution in [2.45, 2.75) is 66.5 Å². The Morgan fingerprint density at radius 3 is 2.35 bits per heavy atom. The second-order valence-electron chi connectivity index (χ2n) is 8.10. The van der Waals surface area contributed by atoms with E-state index in [0.29, 0.717) is 5.92 Å². The summed E-state index contributed by atoms with van der Waals surface area (Å²) in [5.74, 6) is 3.03. The van der Waals surface area contributed by atoms with Gasteiger partial charge < -0.3 is 5.32 Å². The van der Waals surface area contributed by atoms with Gasteiger partial charge in [-0.1, -0.05) is 81.8 Å². The topological polar surface area (TPSA) is 12.0 Å². The summed E-state index contributed by atoms with van der Waals surface area (Å²) in [5.41, 5.74) is 5.18. The maximum atomic E-state index is 14.3. The SMILES string of the molecule is C#C/C(NC=C)=C(/C)C(C)Cc1ccccc1CCc1cccc(C(C)(C)F)c1.CC. The molecule has 0 spiro atoms. The molecule has 0 saturated carbocycles. The van der Waals surface area contributed by atoms with Gasteiger partial charge in [-0.2, -0.15) is 0 Å². The lowest BCUT2D eigenvalue weighted by Gasteiger charge is -2.18. The van der Waals surface area contributed by atoms with Gasteiger partial charge in [0.2, 0.25) is 0 Å². The van der Waals surface area contributed by atoms with E-state index < -0.39 is 5.67 Å². The van der Waals surface area contributed by atoms with E-state index in [0.717, 1.165) is 41.7 Å². The van der Waals surface area contributed by atoms with Gasteiger partial charge in [-0.3, -0.25) is 0 Å². The van der Waals surface area contributed by atoms with Crippen molar-refractivity contribution >= 4 is 0 Å². The van der Waals surface area contributed by atoms with Crippen molar-refractivity contribution < 1.29 is 4.39 Å². The third kappa shape index (κ3) is 8.10. The second-order valence-corrected chi connectivity index (χ2v) is 8.10. The van der Waals surface area contributed by atoms with Gasteiger partial charge in [0.15, 0.2) is 0 Å². The van der Waals surface area contributed by atoms with Gasteiger partial charge in [-0.25, -0.2) is 4.39 Å². The predicted octanol–water partition coefficient (Wildman–Crippen LogP) is 7.52. The lowest BCUT2D eigenvalue weighted by atomic mass is 9.89. The molecular weight excluding hydrogens is 381 g/mol. The summed E-state index contributed by atoms with van der Waals surface area (Å²) in [6.07, 6.45) is 9.98. The van der Waals surface area contributed by atoms with Gasteiger partial charge in [-0.15, -0.1) is 6.42 Å². The van der Waals surface area contributed by atoms with Crippen LogP contribution in [0.4, 0.5) is 4.39 Å². The van der Waals surface area contributed by atoms with Crippen molar-refractivity contribution in [3.8, 4) is 12.3 Å². The zero-order valence-electron chi connectivity index (χ0n) is 20.1. The normalized spacial score (nSPS) is 12.6. The van der Waals surface area contributed by atoms with Crippen LogP contribution in [0.5, 0.6) is 0 Å². The number of aryl methyl sites for hydroxylation is 2. The molecule has 0 aliphatic carbocycles. The Morgan fingerprint density at radius 2 is 1.77 bits per heavy atom. The monoisotopic (exact) mass is 419 g/mol. The number of halogens is 1. The molecule has 0 saturated heterocycles. The van der Waals surface area contributed by atoms with Gasteiger partial charge in [0.1, 0.15) is 5.67 Å². The van der Waals surface area contributed by atoms with E-state index in [-0.39, 0.29) is 0 Å². The van der Waals surface area contributed by atoms with Crippen molar-refractivity contribution in [3.05, 3.63) is 94.8 Å². The lowest BCUT2D eigenvalue weighted by molar-refractivity contribution is 0.221. The predicted molar refractivity (Wildman–Crippen MR) is 134 cm³/mol. The molecule has 1 N–H and O–H groups in total. The molecule has 1 atom stereocenters. The maximum Gasteiger partial charge on any atom is 0.130 e. The van der Waals surface area contributed by atoms with Crippen molar-refractivity contribution in [2.24, 2.45) is 5.92 Å². The van der Waals surface area contributed by atoms with E-state index in [2.05, 4.69) is 62.0 Å². The van der Waals surface area contributed by atoms with Crippen LogP contribution in [0.1, 0.15) is 63.8 Å². The second kappa shape index (κ2) is 12.8. The van der Waals surface area contributed by atoms with Gasteiger partial charge in [0, 0.05) is 0 Å². The largest absolute Gasteiger partial charge is 0.356 e. The summed E-state index contributed by atoms with van der Waals surface area (Å²) in [4.78, 5) is 0. The summed E-state index contributed by atoms with van der Waals surface area (Å²) in [6, 6.07) is 16.4. The number of nitrogens with one attached hydrogen (secondary N) is 1. The molecule has 0 aliphatic heterocycles. The number of hydrogen-bond donors (Lipinski definition) is 1. The molecule has 0 fully saturated rings. The first-order valence-electron chi connectivity index (χ1n) is 11.2. The maximum absolute atomic E-state index is 14.3. The molecule has 0 aliphatic rings. The molecule has 1 unspecified atom stereocenters. The molecule has 1 nitrogen and oxygen atoms in total. The van der Waals surface area contributed by atoms with Crippen LogP contribution in [0.25, 0.3) is 0 Å². The number of alkyl halides is 1. The molecule has 2 heteroatoms. The Labute approximate surface area is 189 Å². The Bertz CT molecular complexity index is 909. The third-order valence-corrected chi connectivity index (χ3v) is 5.47. The standard InChI is InChI=1S/C27H32FN.C2H6/c1-7-26(29-8-2)21(4)20(3)18-24-14-10-9-13-23(24)17-16-22-12-11-15-25(19-22)27(5,6)28;1-2/h1,8-15,19-20,29H,2,16-18H2,3-6H3;1-2H3/b26-21+;. The first-order valence-corrected chi connectivity index (χ1v) is 11.2. The Balaban J connectivity index is 0.00000233. The smallest absolute Gasteiger partial charge is 0.130 e. The molecule has 2 rings (SSSR count). The highest BCUT2D eigenvalue weighted by molar-refractivity contribution is 5.34. The summed E-state index contributed by atoms with van der Waals surface area (Å²) in [5, 5.41) is 3.05. The van der Waals surface area contributed by atoms with Gasteiger partial charge in [0.25, 0.3) is 0 Å². The molecule has 0 amide bonds. The molecule has 2 aromatic carbocycles. The molecular formula is C29H38FN. The van der Waals surface area contributed by atoms with Crippen molar-refractivity contribution in [1.82, 2.24) is 5.32 Å². The fourth-order valence-corrected chi connectivity index (χ4v) is 3.48. The molecule has 0 heterocycles. The fourth-order valence-electron chi connectivity index (χ4n) is 3.48. The minimum absolute atomic E-state index is 0.310. The highest BCUT2D eigenvalue weighted by atomic mass is 19.1. The molecule has 0 bridgehead atoms. The molecule has 2 aromatic rings. The average Bonchev–Trinajstić information content (AvgIpc) is 2.77. The fraction of sp³-hybridized carbons (Fsp3) is 0.379.